The van der Waals surface area contributed by atoms with Gasteiger partial charge in [-0.15, -0.1) is 0 Å². The number of hydrogen-bond acceptors (Lipinski definition) is 6. The van der Waals surface area contributed by atoms with Gasteiger partial charge >= 0.3 is 5.97 Å². The molecule has 7 heteroatoms. The third kappa shape index (κ3) is 3.60. The average molecular weight is 383 g/mol. The van der Waals surface area contributed by atoms with Crippen LogP contribution in [-0.2, 0) is 22.4 Å². The summed E-state index contributed by atoms with van der Waals surface area (Å²) in [4.78, 5) is 24.8. The quantitative estimate of drug-likeness (QED) is 0.788. The summed E-state index contributed by atoms with van der Waals surface area (Å²) in [7, 11) is 0. The van der Waals surface area contributed by atoms with Crippen molar-refractivity contribution in [3.63, 3.8) is 0 Å². The lowest BCUT2D eigenvalue weighted by molar-refractivity contribution is -0.123. The first kappa shape index (κ1) is 18.2. The zero-order valence-corrected chi connectivity index (χ0v) is 15.5. The van der Waals surface area contributed by atoms with Crippen molar-refractivity contribution in [3.8, 4) is 17.2 Å². The van der Waals surface area contributed by atoms with Crippen LogP contribution in [0.5, 0.6) is 17.2 Å². The van der Waals surface area contributed by atoms with Crippen LogP contribution >= 0.6 is 0 Å². The van der Waals surface area contributed by atoms with Gasteiger partial charge in [0.1, 0.15) is 11.3 Å². The molecule has 2 aliphatic rings. The summed E-state index contributed by atoms with van der Waals surface area (Å²) in [5.74, 6) is -0.167. The van der Waals surface area contributed by atoms with E-state index in [1.54, 1.807) is 30.3 Å². The van der Waals surface area contributed by atoms with E-state index >= 15 is 0 Å². The molecular weight excluding hydrogens is 362 g/mol. The van der Waals surface area contributed by atoms with Gasteiger partial charge in [0.2, 0.25) is 6.79 Å². The highest BCUT2D eigenvalue weighted by Gasteiger charge is 2.24. The van der Waals surface area contributed by atoms with E-state index in [0.717, 1.165) is 36.8 Å². The van der Waals surface area contributed by atoms with Crippen molar-refractivity contribution >= 4 is 17.6 Å². The monoisotopic (exact) mass is 383 g/mol. The van der Waals surface area contributed by atoms with E-state index in [9.17, 15) is 14.7 Å². The second-order valence-electron chi connectivity index (χ2n) is 6.95. The van der Waals surface area contributed by atoms with Gasteiger partial charge in [0.15, 0.2) is 17.6 Å². The van der Waals surface area contributed by atoms with Crippen LogP contribution < -0.4 is 14.8 Å². The molecule has 4 rings (SSSR count). The van der Waals surface area contributed by atoms with Crippen molar-refractivity contribution in [2.45, 2.75) is 38.7 Å². The smallest absolute Gasteiger partial charge is 0.342 e. The zero-order valence-electron chi connectivity index (χ0n) is 15.5. The maximum absolute atomic E-state index is 12.5. The van der Waals surface area contributed by atoms with Gasteiger partial charge in [0.25, 0.3) is 5.91 Å². The Morgan fingerprint density at radius 3 is 2.57 bits per heavy atom. The number of ether oxygens (including phenoxy) is 3. The highest BCUT2D eigenvalue weighted by Crippen LogP contribution is 2.34. The minimum atomic E-state index is -1.03. The number of hydrogen-bond donors (Lipinski definition) is 2. The van der Waals surface area contributed by atoms with Gasteiger partial charge in [0.05, 0.1) is 0 Å². The van der Waals surface area contributed by atoms with Crippen LogP contribution in [0, 0.1) is 0 Å². The number of nitrogens with one attached hydrogen (secondary N) is 1. The lowest BCUT2D eigenvalue weighted by Crippen LogP contribution is -2.30. The standard InChI is InChI=1S/C21H21NO6/c1-12(20(24)22-15-6-7-18-19(10-15)27-11-26-18)28-21(25)16-8-13-4-2-3-5-14(13)9-17(16)23/h6-10,12,23H,2-5,11H2,1H3,(H,22,24). The molecule has 1 amide bonds. The predicted octanol–water partition coefficient (Wildman–Crippen LogP) is 3.18. The number of esters is 1. The molecule has 0 spiro atoms. The largest absolute Gasteiger partial charge is 0.507 e. The Kier molecular flexibility index (Phi) is 4.81. The Balaban J connectivity index is 1.42. The summed E-state index contributed by atoms with van der Waals surface area (Å²) in [6.45, 7) is 1.63. The molecule has 1 aliphatic carbocycles. The second kappa shape index (κ2) is 7.42. The SMILES string of the molecule is CC(OC(=O)c1cc2c(cc1O)CCCC2)C(=O)Nc1ccc2c(c1)OCO2. The number of carbonyl (C=O) groups excluding carboxylic acids is 2. The first-order chi connectivity index (χ1) is 13.5. The maximum Gasteiger partial charge on any atom is 0.342 e. The number of phenolic OH excluding ortho intramolecular Hbond substituents is 1. The minimum absolute atomic E-state index is 0.0865. The number of rotatable bonds is 4. The Morgan fingerprint density at radius 2 is 1.79 bits per heavy atom. The molecule has 28 heavy (non-hydrogen) atoms. The van der Waals surface area contributed by atoms with Crippen LogP contribution in [0.25, 0.3) is 0 Å². The van der Waals surface area contributed by atoms with Crippen molar-refractivity contribution in [3.05, 3.63) is 47.0 Å². The molecule has 0 saturated heterocycles. The summed E-state index contributed by atoms with van der Waals surface area (Å²) in [5, 5.41) is 12.9. The van der Waals surface area contributed by atoms with Gasteiger partial charge in [0, 0.05) is 11.8 Å². The van der Waals surface area contributed by atoms with Crippen LogP contribution in [-0.4, -0.2) is 29.9 Å². The van der Waals surface area contributed by atoms with Gasteiger partial charge in [-0.3, -0.25) is 4.79 Å². The van der Waals surface area contributed by atoms with Crippen molar-refractivity contribution in [1.29, 1.82) is 0 Å². The molecule has 0 radical (unpaired) electrons. The van der Waals surface area contributed by atoms with Crippen LogP contribution in [0.1, 0.15) is 41.3 Å². The molecule has 0 aromatic heterocycles. The van der Waals surface area contributed by atoms with E-state index < -0.39 is 18.0 Å². The van der Waals surface area contributed by atoms with Crippen molar-refractivity contribution < 1.29 is 28.9 Å². The van der Waals surface area contributed by atoms with Gasteiger partial charge in [-0.2, -0.15) is 0 Å². The van der Waals surface area contributed by atoms with E-state index in [1.807, 2.05) is 0 Å². The number of fused-ring (bicyclic) bond motifs is 2. The fraction of sp³-hybridized carbons (Fsp3) is 0.333. The first-order valence-electron chi connectivity index (χ1n) is 9.27. The summed E-state index contributed by atoms with van der Waals surface area (Å²) in [6, 6.07) is 8.32. The molecule has 2 N–H and O–H groups in total. The molecular formula is C21H21NO6. The number of amides is 1. The van der Waals surface area contributed by atoms with Crippen molar-refractivity contribution in [1.82, 2.24) is 0 Å². The average Bonchev–Trinajstić information content (AvgIpc) is 3.15. The normalized spacial score (nSPS) is 15.5. The van der Waals surface area contributed by atoms with E-state index in [4.69, 9.17) is 14.2 Å². The molecule has 2 aromatic carbocycles. The molecule has 146 valence electrons. The Labute approximate surface area is 162 Å². The van der Waals surface area contributed by atoms with Gasteiger partial charge in [-0.25, -0.2) is 4.79 Å². The van der Waals surface area contributed by atoms with E-state index in [1.165, 1.54) is 6.92 Å². The van der Waals surface area contributed by atoms with Crippen LogP contribution in [0.15, 0.2) is 30.3 Å². The second-order valence-corrected chi connectivity index (χ2v) is 6.95. The number of benzene rings is 2. The molecule has 1 unspecified atom stereocenters. The minimum Gasteiger partial charge on any atom is -0.507 e. The molecule has 0 bridgehead atoms. The number of anilines is 1. The predicted molar refractivity (Wildman–Crippen MR) is 101 cm³/mol. The lowest BCUT2D eigenvalue weighted by atomic mass is 9.90. The molecule has 0 saturated carbocycles. The Bertz CT molecular complexity index is 939. The molecule has 0 fully saturated rings. The van der Waals surface area contributed by atoms with E-state index in [-0.39, 0.29) is 18.1 Å². The summed E-state index contributed by atoms with van der Waals surface area (Å²) in [6.07, 6.45) is 2.87. The lowest BCUT2D eigenvalue weighted by Gasteiger charge is -2.18. The summed E-state index contributed by atoms with van der Waals surface area (Å²) < 4.78 is 15.8. The molecule has 2 aromatic rings. The number of aryl methyl sites for hydroxylation is 2. The van der Waals surface area contributed by atoms with Gasteiger partial charge in [-0.1, -0.05) is 0 Å². The fourth-order valence-corrected chi connectivity index (χ4v) is 3.43. The number of carbonyl (C=O) groups is 2. The zero-order chi connectivity index (χ0) is 19.7. The Hall–Kier alpha value is -3.22. The van der Waals surface area contributed by atoms with Crippen LogP contribution in [0.4, 0.5) is 5.69 Å². The van der Waals surface area contributed by atoms with Gasteiger partial charge < -0.3 is 24.6 Å². The van der Waals surface area contributed by atoms with Gasteiger partial charge in [-0.05, 0) is 68.0 Å². The number of phenols is 1. The molecule has 1 heterocycles. The van der Waals surface area contributed by atoms with E-state index in [0.29, 0.717) is 17.2 Å². The molecule has 1 atom stereocenters. The topological polar surface area (TPSA) is 94.1 Å². The maximum atomic E-state index is 12.5. The highest BCUT2D eigenvalue weighted by atomic mass is 16.7. The Morgan fingerprint density at radius 1 is 1.07 bits per heavy atom. The van der Waals surface area contributed by atoms with Crippen LogP contribution in [0.3, 0.4) is 0 Å². The highest BCUT2D eigenvalue weighted by molar-refractivity contribution is 5.98. The third-order valence-electron chi connectivity index (χ3n) is 4.97. The van der Waals surface area contributed by atoms with Crippen molar-refractivity contribution in [2.75, 3.05) is 12.1 Å². The third-order valence-corrected chi connectivity index (χ3v) is 4.97. The molecule has 1 aliphatic heterocycles. The summed E-state index contributed by atoms with van der Waals surface area (Å²) in [5.41, 5.74) is 2.71. The van der Waals surface area contributed by atoms with E-state index in [2.05, 4.69) is 5.32 Å². The van der Waals surface area contributed by atoms with Crippen LogP contribution in [0.2, 0.25) is 0 Å². The molecule has 7 nitrogen and oxygen atoms in total. The first-order valence-corrected chi connectivity index (χ1v) is 9.27. The number of aromatic hydroxyl groups is 1. The fourth-order valence-electron chi connectivity index (χ4n) is 3.43. The van der Waals surface area contributed by atoms with Crippen molar-refractivity contribution in [2.24, 2.45) is 0 Å². The summed E-state index contributed by atoms with van der Waals surface area (Å²) >= 11 is 0.